The number of rotatable bonds is 11. The molecule has 0 saturated carbocycles. The molecular formula is C25H34Cl3FN2O2. The van der Waals surface area contributed by atoms with Gasteiger partial charge in [0.1, 0.15) is 17.7 Å². The van der Waals surface area contributed by atoms with Crippen molar-refractivity contribution >= 4 is 42.2 Å². The van der Waals surface area contributed by atoms with E-state index in [0.717, 1.165) is 64.2 Å². The van der Waals surface area contributed by atoms with Crippen molar-refractivity contribution in [3.63, 3.8) is 0 Å². The highest BCUT2D eigenvalue weighted by molar-refractivity contribution is 6.30. The molecule has 0 amide bonds. The highest BCUT2D eigenvalue weighted by atomic mass is 35.5. The number of ether oxygens (including phenoxy) is 1. The second-order valence-electron chi connectivity index (χ2n) is 8.31. The Balaban J connectivity index is 0.00000272. The first-order valence-electron chi connectivity index (χ1n) is 11.1. The summed E-state index contributed by atoms with van der Waals surface area (Å²) in [6.07, 6.45) is 4.76. The highest BCUT2D eigenvalue weighted by Gasteiger charge is 2.20. The maximum atomic E-state index is 12.9. The van der Waals surface area contributed by atoms with Crippen molar-refractivity contribution in [2.45, 2.75) is 38.2 Å². The maximum Gasteiger partial charge on any atom is 0.162 e. The Labute approximate surface area is 214 Å². The number of carbonyl (C=O) groups is 1. The molecule has 1 heterocycles. The first-order valence-corrected chi connectivity index (χ1v) is 11.5. The zero-order chi connectivity index (χ0) is 22.1. The minimum absolute atomic E-state index is 0. The molecule has 3 rings (SSSR count). The van der Waals surface area contributed by atoms with Crippen molar-refractivity contribution in [1.82, 2.24) is 9.80 Å². The first-order chi connectivity index (χ1) is 15.0. The molecule has 0 bridgehead atoms. The Morgan fingerprint density at radius 3 is 2.42 bits per heavy atom. The van der Waals surface area contributed by atoms with E-state index in [-0.39, 0.29) is 42.5 Å². The number of likely N-dealkylation sites (tertiary alicyclic amines) is 1. The molecule has 1 aliphatic heterocycles. The molecule has 0 aliphatic carbocycles. The van der Waals surface area contributed by atoms with Crippen molar-refractivity contribution in [2.75, 3.05) is 39.8 Å². The number of hydrogen-bond acceptors (Lipinski definition) is 4. The largest absolute Gasteiger partial charge is 0.490 e. The Bertz CT molecular complexity index is 831. The molecule has 0 unspecified atom stereocenters. The van der Waals surface area contributed by atoms with Crippen LogP contribution < -0.4 is 4.74 Å². The fourth-order valence-corrected chi connectivity index (χ4v) is 4.13. The lowest BCUT2D eigenvalue weighted by atomic mass is 10.1. The summed E-state index contributed by atoms with van der Waals surface area (Å²) in [4.78, 5) is 16.9. The van der Waals surface area contributed by atoms with E-state index in [1.165, 1.54) is 12.1 Å². The van der Waals surface area contributed by atoms with Crippen molar-refractivity contribution in [3.05, 3.63) is 64.9 Å². The topological polar surface area (TPSA) is 32.8 Å². The molecule has 2 aromatic carbocycles. The smallest absolute Gasteiger partial charge is 0.162 e. The minimum atomic E-state index is -0.311. The van der Waals surface area contributed by atoms with E-state index in [2.05, 4.69) is 16.8 Å². The predicted octanol–water partition coefficient (Wildman–Crippen LogP) is 6.15. The molecule has 184 valence electrons. The Morgan fingerprint density at radius 2 is 1.76 bits per heavy atom. The van der Waals surface area contributed by atoms with Crippen LogP contribution in [0.4, 0.5) is 4.39 Å². The van der Waals surface area contributed by atoms with Gasteiger partial charge in [0.15, 0.2) is 5.78 Å². The van der Waals surface area contributed by atoms with Crippen LogP contribution in [0.25, 0.3) is 0 Å². The van der Waals surface area contributed by atoms with E-state index in [1.807, 2.05) is 24.3 Å². The average molecular weight is 520 g/mol. The van der Waals surface area contributed by atoms with Gasteiger partial charge in [0, 0.05) is 30.1 Å². The van der Waals surface area contributed by atoms with Gasteiger partial charge in [-0.1, -0.05) is 17.7 Å². The molecule has 1 aliphatic rings. The minimum Gasteiger partial charge on any atom is -0.490 e. The Hall–Kier alpha value is -1.37. The van der Waals surface area contributed by atoms with E-state index in [4.69, 9.17) is 16.3 Å². The second kappa shape index (κ2) is 15.5. The third-order valence-electron chi connectivity index (χ3n) is 5.76. The van der Waals surface area contributed by atoms with E-state index in [0.29, 0.717) is 17.0 Å². The standard InChI is InChI=1S/C25H32ClFN2O2.2ClH/c1-28(14-3-7-25(30)20-8-10-22(27)11-9-20)15-4-16-29-17-12-23(13-18-29)31-24-6-2-5-21(26)19-24;;/h2,5-6,8-11,19,23H,3-4,7,12-18H2,1H3;2*1H. The zero-order valence-electron chi connectivity index (χ0n) is 19.1. The molecular weight excluding hydrogens is 486 g/mol. The summed E-state index contributed by atoms with van der Waals surface area (Å²) in [5.74, 6) is 0.621. The van der Waals surface area contributed by atoms with Gasteiger partial charge < -0.3 is 14.5 Å². The molecule has 1 saturated heterocycles. The number of Topliss-reactive ketones (excluding diaryl/α,β-unsaturated/α-hetero) is 1. The van der Waals surface area contributed by atoms with Crippen LogP contribution in [0, 0.1) is 5.82 Å². The number of halogens is 4. The fourth-order valence-electron chi connectivity index (χ4n) is 3.95. The van der Waals surface area contributed by atoms with Crippen LogP contribution in [0.5, 0.6) is 5.75 Å². The molecule has 33 heavy (non-hydrogen) atoms. The molecule has 0 aromatic heterocycles. The molecule has 8 heteroatoms. The van der Waals surface area contributed by atoms with Gasteiger partial charge in [0.05, 0.1) is 0 Å². The third kappa shape index (κ3) is 10.6. The van der Waals surface area contributed by atoms with Crippen molar-refractivity contribution < 1.29 is 13.9 Å². The van der Waals surface area contributed by atoms with Crippen LogP contribution >= 0.6 is 36.4 Å². The van der Waals surface area contributed by atoms with Gasteiger partial charge in [-0.3, -0.25) is 4.79 Å². The fraction of sp³-hybridized carbons (Fsp3) is 0.480. The quantitative estimate of drug-likeness (QED) is 0.333. The van der Waals surface area contributed by atoms with Crippen molar-refractivity contribution in [2.24, 2.45) is 0 Å². The normalized spacial score (nSPS) is 14.4. The molecule has 0 radical (unpaired) electrons. The van der Waals surface area contributed by atoms with Crippen LogP contribution in [0.3, 0.4) is 0 Å². The number of ketones is 1. The number of benzene rings is 2. The summed E-state index contributed by atoms with van der Waals surface area (Å²) in [5, 5.41) is 0.707. The monoisotopic (exact) mass is 518 g/mol. The van der Waals surface area contributed by atoms with Gasteiger partial charge in [-0.25, -0.2) is 4.39 Å². The van der Waals surface area contributed by atoms with E-state index < -0.39 is 0 Å². The lowest BCUT2D eigenvalue weighted by Gasteiger charge is -2.32. The highest BCUT2D eigenvalue weighted by Crippen LogP contribution is 2.22. The second-order valence-corrected chi connectivity index (χ2v) is 8.74. The van der Waals surface area contributed by atoms with Gasteiger partial charge in [0.25, 0.3) is 0 Å². The van der Waals surface area contributed by atoms with Gasteiger partial charge >= 0.3 is 0 Å². The van der Waals surface area contributed by atoms with Gasteiger partial charge in [-0.05, 0) is 94.8 Å². The number of hydrogen-bond donors (Lipinski definition) is 0. The molecule has 4 nitrogen and oxygen atoms in total. The summed E-state index contributed by atoms with van der Waals surface area (Å²) < 4.78 is 19.0. The van der Waals surface area contributed by atoms with Crippen LogP contribution in [0.1, 0.15) is 42.5 Å². The first kappa shape index (κ1) is 29.7. The van der Waals surface area contributed by atoms with E-state index in [9.17, 15) is 9.18 Å². The Morgan fingerprint density at radius 1 is 1.09 bits per heavy atom. The zero-order valence-corrected chi connectivity index (χ0v) is 21.4. The van der Waals surface area contributed by atoms with Crippen LogP contribution in [-0.2, 0) is 0 Å². The van der Waals surface area contributed by atoms with Crippen LogP contribution in [-0.4, -0.2) is 61.5 Å². The van der Waals surface area contributed by atoms with Gasteiger partial charge in [0.2, 0.25) is 0 Å². The number of carbonyl (C=O) groups excluding carboxylic acids is 1. The van der Waals surface area contributed by atoms with Crippen LogP contribution in [0.15, 0.2) is 48.5 Å². The Kier molecular flexibility index (Phi) is 13.9. The van der Waals surface area contributed by atoms with Gasteiger partial charge in [-0.15, -0.1) is 24.8 Å². The predicted molar refractivity (Wildman–Crippen MR) is 138 cm³/mol. The molecule has 1 fully saturated rings. The summed E-state index contributed by atoms with van der Waals surface area (Å²) in [6.45, 7) is 5.11. The summed E-state index contributed by atoms with van der Waals surface area (Å²) in [6, 6.07) is 13.4. The van der Waals surface area contributed by atoms with Crippen molar-refractivity contribution in [1.29, 1.82) is 0 Å². The number of nitrogens with zero attached hydrogens (tertiary/aromatic N) is 2. The maximum absolute atomic E-state index is 12.9. The third-order valence-corrected chi connectivity index (χ3v) is 5.99. The lowest BCUT2D eigenvalue weighted by molar-refractivity contribution is 0.0962. The molecule has 0 atom stereocenters. The van der Waals surface area contributed by atoms with Crippen LogP contribution in [0.2, 0.25) is 5.02 Å². The molecule has 0 spiro atoms. The molecule has 0 N–H and O–H groups in total. The molecule has 2 aromatic rings. The van der Waals surface area contributed by atoms with Gasteiger partial charge in [-0.2, -0.15) is 0 Å². The summed E-state index contributed by atoms with van der Waals surface area (Å²) in [7, 11) is 2.10. The van der Waals surface area contributed by atoms with E-state index in [1.54, 1.807) is 12.1 Å². The van der Waals surface area contributed by atoms with E-state index >= 15 is 0 Å². The average Bonchev–Trinajstić information content (AvgIpc) is 2.75. The lowest BCUT2D eigenvalue weighted by Crippen LogP contribution is -2.39. The summed E-state index contributed by atoms with van der Waals surface area (Å²) >= 11 is 6.03. The summed E-state index contributed by atoms with van der Waals surface area (Å²) in [5.41, 5.74) is 0.590. The SMILES string of the molecule is CN(CCCC(=O)c1ccc(F)cc1)CCCN1CCC(Oc2cccc(Cl)c2)CC1.Cl.Cl. The number of piperidine rings is 1. The van der Waals surface area contributed by atoms with Crippen molar-refractivity contribution in [3.8, 4) is 5.75 Å².